The van der Waals surface area contributed by atoms with Crippen LogP contribution in [-0.4, -0.2) is 10.9 Å². The highest BCUT2D eigenvalue weighted by atomic mass is 35.5. The van der Waals surface area contributed by atoms with Gasteiger partial charge in [0.25, 0.3) is 5.91 Å². The molecule has 1 N–H and O–H groups in total. The van der Waals surface area contributed by atoms with E-state index in [9.17, 15) is 4.79 Å². The highest BCUT2D eigenvalue weighted by Gasteiger charge is 2.08. The number of benzene rings is 1. The summed E-state index contributed by atoms with van der Waals surface area (Å²) in [7, 11) is 0. The van der Waals surface area contributed by atoms with Crippen LogP contribution in [0.15, 0.2) is 36.5 Å². The second kappa shape index (κ2) is 5.91. The first-order valence-electron chi connectivity index (χ1n) is 5.45. The molecule has 0 saturated carbocycles. The van der Waals surface area contributed by atoms with E-state index in [2.05, 4.69) is 15.8 Å². The first-order chi connectivity index (χ1) is 9.06. The van der Waals surface area contributed by atoms with Crippen LogP contribution in [0.25, 0.3) is 0 Å². The van der Waals surface area contributed by atoms with E-state index in [0.29, 0.717) is 21.3 Å². The van der Waals surface area contributed by atoms with Crippen molar-refractivity contribution in [2.24, 2.45) is 0 Å². The number of nitrogens with one attached hydrogen (secondary N) is 1. The number of pyridine rings is 1. The van der Waals surface area contributed by atoms with E-state index < -0.39 is 0 Å². The second-order valence-corrected chi connectivity index (χ2v) is 4.66. The van der Waals surface area contributed by atoms with Gasteiger partial charge in [-0.25, -0.2) is 0 Å². The van der Waals surface area contributed by atoms with E-state index in [4.69, 9.17) is 23.2 Å². The molecule has 1 amide bonds. The van der Waals surface area contributed by atoms with Crippen LogP contribution in [0.1, 0.15) is 16.1 Å². The maximum atomic E-state index is 11.8. The van der Waals surface area contributed by atoms with Gasteiger partial charge in [-0.15, -0.1) is 5.43 Å². The zero-order valence-electron chi connectivity index (χ0n) is 10.0. The number of aromatic nitrogens is 1. The number of carbonyl (C=O) groups is 1. The first kappa shape index (κ1) is 13.6. The minimum Gasteiger partial charge on any atom is -0.275 e. The van der Waals surface area contributed by atoms with E-state index in [1.54, 1.807) is 36.5 Å². The fraction of sp³-hybridized carbons (Fsp3) is 0.0769. The van der Waals surface area contributed by atoms with Gasteiger partial charge >= 0.3 is 0 Å². The highest BCUT2D eigenvalue weighted by molar-refractivity contribution is 6.42. The Morgan fingerprint density at radius 1 is 1.21 bits per heavy atom. The molecule has 0 fully saturated rings. The lowest BCUT2D eigenvalue weighted by atomic mass is 10.2. The molecule has 1 radical (unpaired) electrons. The molecule has 0 saturated heterocycles. The Labute approximate surface area is 120 Å². The molecular weight excluding hydrogens is 285 g/mol. The van der Waals surface area contributed by atoms with Gasteiger partial charge in [-0.1, -0.05) is 23.2 Å². The number of carbonyl (C=O) groups excluding carboxylic acids is 1. The monoisotopic (exact) mass is 294 g/mol. The van der Waals surface area contributed by atoms with E-state index in [1.807, 2.05) is 6.92 Å². The van der Waals surface area contributed by atoms with E-state index in [0.717, 1.165) is 5.69 Å². The number of nitrogens with zero attached hydrogens (tertiary/aromatic N) is 2. The fourth-order valence-electron chi connectivity index (χ4n) is 1.42. The molecular formula is C13H10Cl2N3O. The van der Waals surface area contributed by atoms with Crippen molar-refractivity contribution in [3.8, 4) is 0 Å². The molecule has 1 heterocycles. The van der Waals surface area contributed by atoms with Gasteiger partial charge < -0.3 is 0 Å². The molecule has 1 aromatic heterocycles. The predicted molar refractivity (Wildman–Crippen MR) is 75.5 cm³/mol. The molecule has 0 aliphatic heterocycles. The van der Waals surface area contributed by atoms with E-state index >= 15 is 0 Å². The Bertz CT molecular complexity index is 617. The molecule has 19 heavy (non-hydrogen) atoms. The predicted octanol–water partition coefficient (Wildman–Crippen LogP) is 3.47. The van der Waals surface area contributed by atoms with Gasteiger partial charge in [0.2, 0.25) is 0 Å². The van der Waals surface area contributed by atoms with E-state index in [-0.39, 0.29) is 5.91 Å². The summed E-state index contributed by atoms with van der Waals surface area (Å²) in [6.07, 6.45) is 1.57. The maximum absolute atomic E-state index is 11.8. The Balaban J connectivity index is 2.02. The molecule has 0 aliphatic carbocycles. The summed E-state index contributed by atoms with van der Waals surface area (Å²) < 4.78 is 0. The van der Waals surface area contributed by atoms with Crippen molar-refractivity contribution < 1.29 is 4.79 Å². The van der Waals surface area contributed by atoms with Crippen molar-refractivity contribution in [2.75, 3.05) is 5.43 Å². The van der Waals surface area contributed by atoms with Crippen molar-refractivity contribution in [1.82, 2.24) is 10.4 Å². The maximum Gasteiger partial charge on any atom is 0.293 e. The van der Waals surface area contributed by atoms with Gasteiger partial charge in [0.05, 0.1) is 15.7 Å². The number of halogens is 2. The Hall–Kier alpha value is -1.78. The summed E-state index contributed by atoms with van der Waals surface area (Å²) in [4.78, 5) is 15.8. The summed E-state index contributed by atoms with van der Waals surface area (Å²) in [6, 6.07) is 8.18. The minimum atomic E-state index is -0.378. The van der Waals surface area contributed by atoms with Crippen LogP contribution >= 0.6 is 23.2 Å². The van der Waals surface area contributed by atoms with Crippen molar-refractivity contribution in [2.45, 2.75) is 6.92 Å². The average molecular weight is 295 g/mol. The highest BCUT2D eigenvalue weighted by Crippen LogP contribution is 2.24. The smallest absolute Gasteiger partial charge is 0.275 e. The molecule has 97 valence electrons. The number of anilines is 1. The van der Waals surface area contributed by atoms with E-state index in [1.165, 1.54) is 0 Å². The van der Waals surface area contributed by atoms with Crippen LogP contribution < -0.4 is 10.9 Å². The van der Waals surface area contributed by atoms with Gasteiger partial charge in [0.1, 0.15) is 0 Å². The number of hydrogen-bond donors (Lipinski definition) is 1. The third-order valence-electron chi connectivity index (χ3n) is 2.35. The summed E-state index contributed by atoms with van der Waals surface area (Å²) >= 11 is 11.7. The topological polar surface area (TPSA) is 56.1 Å². The third-order valence-corrected chi connectivity index (χ3v) is 3.09. The molecule has 2 aromatic rings. The summed E-state index contributed by atoms with van der Waals surface area (Å²) in [5.41, 5.74) is 8.22. The lowest BCUT2D eigenvalue weighted by Gasteiger charge is -2.06. The number of rotatable bonds is 3. The first-order valence-corrected chi connectivity index (χ1v) is 6.20. The van der Waals surface area contributed by atoms with Crippen molar-refractivity contribution in [3.05, 3.63) is 57.8 Å². The van der Waals surface area contributed by atoms with Crippen LogP contribution in [0.2, 0.25) is 10.0 Å². The molecule has 6 heteroatoms. The lowest BCUT2D eigenvalue weighted by Crippen LogP contribution is -2.21. The summed E-state index contributed by atoms with van der Waals surface area (Å²) in [5.74, 6) is -0.378. The molecule has 0 aliphatic rings. The molecule has 0 atom stereocenters. The van der Waals surface area contributed by atoms with Crippen LogP contribution in [0, 0.1) is 6.92 Å². The van der Waals surface area contributed by atoms with Crippen molar-refractivity contribution >= 4 is 34.8 Å². The number of amides is 1. The van der Waals surface area contributed by atoms with Gasteiger partial charge in [0.15, 0.2) is 0 Å². The Morgan fingerprint density at radius 3 is 2.68 bits per heavy atom. The van der Waals surface area contributed by atoms with Gasteiger partial charge in [-0.2, -0.15) is 0 Å². The number of hydrogen-bond acceptors (Lipinski definition) is 3. The molecule has 0 unspecified atom stereocenters. The van der Waals surface area contributed by atoms with Gasteiger partial charge in [0, 0.05) is 17.5 Å². The quantitative estimate of drug-likeness (QED) is 0.882. The second-order valence-electron chi connectivity index (χ2n) is 3.84. The molecule has 0 bridgehead atoms. The zero-order chi connectivity index (χ0) is 13.8. The fourth-order valence-corrected chi connectivity index (χ4v) is 1.72. The van der Waals surface area contributed by atoms with Gasteiger partial charge in [-0.3, -0.25) is 15.2 Å². The van der Waals surface area contributed by atoms with Crippen LogP contribution in [-0.2, 0) is 0 Å². The molecule has 2 rings (SSSR count). The third kappa shape index (κ3) is 3.59. The van der Waals surface area contributed by atoms with Crippen molar-refractivity contribution in [1.29, 1.82) is 0 Å². The van der Waals surface area contributed by atoms with Crippen LogP contribution in [0.4, 0.5) is 5.69 Å². The lowest BCUT2D eigenvalue weighted by molar-refractivity contribution is 0.0958. The molecule has 4 nitrogen and oxygen atoms in total. The summed E-state index contributed by atoms with van der Waals surface area (Å²) in [6.45, 7) is 1.81. The zero-order valence-corrected chi connectivity index (χ0v) is 11.5. The molecule has 0 spiro atoms. The Morgan fingerprint density at radius 2 is 2.00 bits per heavy atom. The van der Waals surface area contributed by atoms with Crippen LogP contribution in [0.5, 0.6) is 0 Å². The SMILES string of the molecule is Cc1cc(C(=O)[N]Nc2ccc(Cl)c(Cl)c2)ccn1. The van der Waals surface area contributed by atoms with Gasteiger partial charge in [-0.05, 0) is 37.3 Å². The molecule has 1 aromatic carbocycles. The van der Waals surface area contributed by atoms with Crippen molar-refractivity contribution in [3.63, 3.8) is 0 Å². The minimum absolute atomic E-state index is 0.378. The summed E-state index contributed by atoms with van der Waals surface area (Å²) in [5, 5.41) is 0.845. The normalized spacial score (nSPS) is 10.1. The largest absolute Gasteiger partial charge is 0.293 e. The standard InChI is InChI=1S/C13H10Cl2N3O/c1-8-6-9(4-5-16-8)13(19)18-17-10-2-3-11(14)12(15)7-10/h2-7,17H,1H3. The Kier molecular flexibility index (Phi) is 4.24. The number of aryl methyl sites for hydroxylation is 1. The van der Waals surface area contributed by atoms with Crippen LogP contribution in [0.3, 0.4) is 0 Å². The average Bonchev–Trinajstić information content (AvgIpc) is 2.40.